The third-order valence-corrected chi connectivity index (χ3v) is 9.24. The van der Waals surface area contributed by atoms with Gasteiger partial charge in [-0.15, -0.1) is 0 Å². The topological polar surface area (TPSA) is 110 Å². The first kappa shape index (κ1) is 25.8. The van der Waals surface area contributed by atoms with Crippen LogP contribution in [0.25, 0.3) is 11.1 Å². The molecule has 1 aliphatic heterocycles. The zero-order valence-corrected chi connectivity index (χ0v) is 20.7. The molecule has 0 aliphatic carbocycles. The number of hydroxylamine groups is 1. The lowest BCUT2D eigenvalue weighted by Crippen LogP contribution is -2.54. The van der Waals surface area contributed by atoms with Gasteiger partial charge in [-0.2, -0.15) is 0 Å². The first-order chi connectivity index (χ1) is 17.4. The maximum atomic E-state index is 13.3. The molecule has 36 heavy (non-hydrogen) atoms. The molecule has 188 valence electrons. The van der Waals surface area contributed by atoms with Crippen molar-refractivity contribution in [1.29, 1.82) is 0 Å². The zero-order chi connectivity index (χ0) is 25.6. The lowest BCUT2D eigenvalue weighted by Gasteiger charge is -2.34. The average Bonchev–Trinajstić information content (AvgIpc) is 2.93. The van der Waals surface area contributed by atoms with Crippen LogP contribution in [0, 0.1) is 0 Å². The molecule has 0 bridgehead atoms. The summed E-state index contributed by atoms with van der Waals surface area (Å²) in [5.41, 5.74) is 5.14. The molecule has 0 radical (unpaired) electrons. The first-order valence-corrected chi connectivity index (χ1v) is 13.4. The fraction of sp³-hybridized carbons (Fsp3) is 0.286. The van der Waals surface area contributed by atoms with Crippen molar-refractivity contribution in [3.63, 3.8) is 0 Å². The second kappa shape index (κ2) is 11.2. The van der Waals surface area contributed by atoms with Gasteiger partial charge < -0.3 is 4.74 Å². The highest BCUT2D eigenvalue weighted by molar-refractivity contribution is 7.93. The van der Waals surface area contributed by atoms with Crippen molar-refractivity contribution < 1.29 is 28.0 Å². The number of amides is 1. The highest BCUT2D eigenvalue weighted by Crippen LogP contribution is 2.35. The van der Waals surface area contributed by atoms with Crippen LogP contribution >= 0.6 is 0 Å². The number of hydrogen-bond acceptors (Lipinski definition) is 6. The molecule has 0 spiro atoms. The van der Waals surface area contributed by atoms with Crippen LogP contribution in [-0.4, -0.2) is 43.3 Å². The van der Waals surface area contributed by atoms with Gasteiger partial charge in [-0.05, 0) is 60.6 Å². The summed E-state index contributed by atoms with van der Waals surface area (Å²) in [6, 6.07) is 23.9. The largest absolute Gasteiger partial charge is 0.381 e. The number of ether oxygens (including phenoxy) is 1. The van der Waals surface area contributed by atoms with Crippen molar-refractivity contribution in [1.82, 2.24) is 5.48 Å². The monoisotopic (exact) mass is 507 g/mol. The number of sulfone groups is 1. The second-order valence-electron chi connectivity index (χ2n) is 8.92. The number of rotatable bonds is 9. The Bertz CT molecular complexity index is 1310. The second-order valence-corrected chi connectivity index (χ2v) is 11.2. The average molecular weight is 508 g/mol. The summed E-state index contributed by atoms with van der Waals surface area (Å²) in [6.45, 7) is 0.236. The van der Waals surface area contributed by atoms with Crippen molar-refractivity contribution in [2.75, 3.05) is 13.2 Å². The Balaban J connectivity index is 1.39. The SMILES string of the molecule is O=C(CCCc1ccc(S(=O)(=O)C2(C(=O)NO)CCOCC2)cc1)c1cccc(-c2ccccc2)c1. The summed E-state index contributed by atoms with van der Waals surface area (Å²) in [5, 5.41) is 9.17. The minimum absolute atomic E-state index is 0.0190. The highest BCUT2D eigenvalue weighted by Gasteiger charge is 2.52. The molecule has 0 saturated carbocycles. The van der Waals surface area contributed by atoms with E-state index >= 15 is 0 Å². The summed E-state index contributed by atoms with van der Waals surface area (Å²) in [7, 11) is -4.05. The van der Waals surface area contributed by atoms with Crippen LogP contribution in [0.5, 0.6) is 0 Å². The van der Waals surface area contributed by atoms with E-state index in [0.717, 1.165) is 16.7 Å². The third-order valence-electron chi connectivity index (χ3n) is 6.72. The number of carbonyl (C=O) groups excluding carboxylic acids is 2. The maximum absolute atomic E-state index is 13.3. The van der Waals surface area contributed by atoms with Crippen LogP contribution in [0.4, 0.5) is 0 Å². The minimum Gasteiger partial charge on any atom is -0.381 e. The van der Waals surface area contributed by atoms with Gasteiger partial charge in [0.2, 0.25) is 0 Å². The van der Waals surface area contributed by atoms with E-state index in [1.165, 1.54) is 17.6 Å². The number of aryl methyl sites for hydroxylation is 1. The zero-order valence-electron chi connectivity index (χ0n) is 19.9. The van der Waals surface area contributed by atoms with E-state index in [4.69, 9.17) is 4.74 Å². The molecule has 1 heterocycles. The maximum Gasteiger partial charge on any atom is 0.265 e. The molecule has 0 aromatic heterocycles. The summed E-state index contributed by atoms with van der Waals surface area (Å²) in [6.07, 6.45) is 1.54. The van der Waals surface area contributed by atoms with Crippen LogP contribution in [0.1, 0.15) is 41.6 Å². The number of carbonyl (C=O) groups is 2. The van der Waals surface area contributed by atoms with Crippen molar-refractivity contribution >= 4 is 21.5 Å². The Kier molecular flexibility index (Phi) is 7.98. The number of benzene rings is 3. The molecule has 7 nitrogen and oxygen atoms in total. The Labute approximate surface area is 211 Å². The van der Waals surface area contributed by atoms with Gasteiger partial charge in [0.05, 0.1) is 4.90 Å². The summed E-state index contributed by atoms with van der Waals surface area (Å²) in [4.78, 5) is 25.1. The van der Waals surface area contributed by atoms with Crippen LogP contribution in [0.3, 0.4) is 0 Å². The molecule has 1 saturated heterocycles. The molecule has 3 aromatic rings. The van der Waals surface area contributed by atoms with Gasteiger partial charge in [-0.25, -0.2) is 13.9 Å². The molecule has 8 heteroatoms. The van der Waals surface area contributed by atoms with Crippen molar-refractivity contribution in [2.45, 2.75) is 41.7 Å². The van der Waals surface area contributed by atoms with Gasteiger partial charge in [0.25, 0.3) is 5.91 Å². The third kappa shape index (κ3) is 5.26. The van der Waals surface area contributed by atoms with Crippen LogP contribution in [0.2, 0.25) is 0 Å². The molecule has 1 amide bonds. The Morgan fingerprint density at radius 2 is 1.56 bits per heavy atom. The lowest BCUT2D eigenvalue weighted by molar-refractivity contribution is -0.134. The number of hydrogen-bond donors (Lipinski definition) is 2. The molecule has 3 aromatic carbocycles. The summed E-state index contributed by atoms with van der Waals surface area (Å²) < 4.78 is 30.2. The molecule has 4 rings (SSSR count). The van der Waals surface area contributed by atoms with Crippen LogP contribution in [0.15, 0.2) is 83.8 Å². The summed E-state index contributed by atoms with van der Waals surface area (Å²) in [5.74, 6) is -0.881. The standard InChI is InChI=1S/C28H29NO6S/c30-26(24-10-5-9-23(20-24)22-7-2-1-3-8-22)11-4-6-21-12-14-25(15-13-21)36(33,34)28(27(31)29-32)16-18-35-19-17-28/h1-3,5,7-10,12-15,20,32H,4,6,11,16-19H2,(H,29,31). The quantitative estimate of drug-likeness (QED) is 0.253. The molecule has 0 atom stereocenters. The normalized spacial score (nSPS) is 15.2. The first-order valence-electron chi connectivity index (χ1n) is 11.9. The van der Waals surface area contributed by atoms with Crippen molar-refractivity contribution in [3.05, 3.63) is 90.0 Å². The van der Waals surface area contributed by atoms with E-state index in [0.29, 0.717) is 24.8 Å². The molecular formula is C28H29NO6S. The van der Waals surface area contributed by atoms with Gasteiger partial charge in [0.15, 0.2) is 20.4 Å². The molecule has 0 unspecified atom stereocenters. The Morgan fingerprint density at radius 1 is 0.889 bits per heavy atom. The van der Waals surface area contributed by atoms with Gasteiger partial charge in [-0.3, -0.25) is 14.8 Å². The lowest BCUT2D eigenvalue weighted by atomic mass is 9.98. The molecule has 1 fully saturated rings. The van der Waals surface area contributed by atoms with Crippen molar-refractivity contribution in [2.24, 2.45) is 0 Å². The summed E-state index contributed by atoms with van der Waals surface area (Å²) >= 11 is 0. The van der Waals surface area contributed by atoms with E-state index in [-0.39, 0.29) is 36.7 Å². The fourth-order valence-electron chi connectivity index (χ4n) is 4.58. The molecular weight excluding hydrogens is 478 g/mol. The smallest absolute Gasteiger partial charge is 0.265 e. The van der Waals surface area contributed by atoms with E-state index in [9.17, 15) is 23.2 Å². The van der Waals surface area contributed by atoms with Gasteiger partial charge in [0, 0.05) is 25.2 Å². The van der Waals surface area contributed by atoms with Crippen LogP contribution in [-0.2, 0) is 25.8 Å². The predicted molar refractivity (Wildman–Crippen MR) is 135 cm³/mol. The van der Waals surface area contributed by atoms with Crippen LogP contribution < -0.4 is 5.48 Å². The number of ketones is 1. The Hall–Kier alpha value is -3.33. The Morgan fingerprint density at radius 3 is 2.22 bits per heavy atom. The van der Waals surface area contributed by atoms with Crippen molar-refractivity contribution in [3.8, 4) is 11.1 Å². The highest BCUT2D eigenvalue weighted by atomic mass is 32.2. The molecule has 2 N–H and O–H groups in total. The fourth-order valence-corrected chi connectivity index (χ4v) is 6.52. The predicted octanol–water partition coefficient (Wildman–Crippen LogP) is 4.39. The van der Waals surface area contributed by atoms with Gasteiger partial charge in [-0.1, -0.05) is 60.7 Å². The van der Waals surface area contributed by atoms with E-state index in [2.05, 4.69) is 0 Å². The van der Waals surface area contributed by atoms with Gasteiger partial charge in [0.1, 0.15) is 0 Å². The number of Topliss-reactive ketones (excluding diaryl/α,β-unsaturated/α-hetero) is 1. The van der Waals surface area contributed by atoms with E-state index in [1.807, 2.05) is 54.6 Å². The minimum atomic E-state index is -4.05. The van der Waals surface area contributed by atoms with E-state index in [1.54, 1.807) is 12.1 Å². The van der Waals surface area contributed by atoms with Gasteiger partial charge >= 0.3 is 0 Å². The number of nitrogens with one attached hydrogen (secondary N) is 1. The molecule has 1 aliphatic rings. The van der Waals surface area contributed by atoms with E-state index < -0.39 is 20.5 Å².